The van der Waals surface area contributed by atoms with Crippen LogP contribution in [0, 0.1) is 37.0 Å². The van der Waals surface area contributed by atoms with Gasteiger partial charge in [-0.25, -0.2) is 0 Å². The van der Waals surface area contributed by atoms with Crippen molar-refractivity contribution in [1.29, 1.82) is 5.26 Å². The molecule has 1 saturated carbocycles. The number of halogens is 1. The summed E-state index contributed by atoms with van der Waals surface area (Å²) in [5.41, 5.74) is 12.3. The first kappa shape index (κ1) is 36.4. The quantitative estimate of drug-likeness (QED) is 0.108. The zero-order valence-electron chi connectivity index (χ0n) is 27.9. The Balaban J connectivity index is 0.000000569. The molecular weight excluding hydrogens is 626 g/mol. The number of hydrogen-bond acceptors (Lipinski definition) is 8. The third-order valence-corrected chi connectivity index (χ3v) is 8.88. The van der Waals surface area contributed by atoms with Gasteiger partial charge >= 0.3 is 0 Å². The first-order chi connectivity index (χ1) is 23.3. The summed E-state index contributed by atoms with van der Waals surface area (Å²) in [6, 6.07) is 19.0. The molecule has 0 radical (unpaired) electrons. The summed E-state index contributed by atoms with van der Waals surface area (Å²) in [5.74, 6) is 3.06. The van der Waals surface area contributed by atoms with Gasteiger partial charge in [0, 0.05) is 30.6 Å². The number of nitrogens with zero attached hydrogens (tertiary/aromatic N) is 2. The van der Waals surface area contributed by atoms with E-state index in [2.05, 4.69) is 37.9 Å². The number of benzene rings is 3. The lowest BCUT2D eigenvalue weighted by Crippen LogP contribution is -2.07. The van der Waals surface area contributed by atoms with Crippen LogP contribution in [-0.2, 0) is 13.2 Å². The lowest BCUT2D eigenvalue weighted by Gasteiger charge is -2.17. The Morgan fingerprint density at radius 3 is 2.40 bits per heavy atom. The highest BCUT2D eigenvalue weighted by Crippen LogP contribution is 2.36. The number of rotatable bonds is 13. The van der Waals surface area contributed by atoms with E-state index < -0.39 is 0 Å². The number of nitrogens with two attached hydrogens (primary N) is 1. The molecule has 4 aromatic rings. The van der Waals surface area contributed by atoms with Crippen LogP contribution in [0.15, 0.2) is 67.0 Å². The Hall–Kier alpha value is -4.42. The van der Waals surface area contributed by atoms with Crippen LogP contribution in [-0.4, -0.2) is 36.1 Å². The average molecular weight is 670 g/mol. The molecule has 0 bridgehead atoms. The van der Waals surface area contributed by atoms with Crippen molar-refractivity contribution in [2.75, 3.05) is 19.8 Å². The predicted molar refractivity (Wildman–Crippen MR) is 189 cm³/mol. The Morgan fingerprint density at radius 1 is 0.979 bits per heavy atom. The zero-order chi connectivity index (χ0) is 34.5. The van der Waals surface area contributed by atoms with E-state index in [9.17, 15) is 4.79 Å². The van der Waals surface area contributed by atoms with Gasteiger partial charge in [0.15, 0.2) is 6.29 Å². The summed E-state index contributed by atoms with van der Waals surface area (Å²) in [7, 11) is 0. The summed E-state index contributed by atoms with van der Waals surface area (Å²) in [6.07, 6.45) is 8.37. The molecule has 8 nitrogen and oxygen atoms in total. The second-order valence-corrected chi connectivity index (χ2v) is 12.6. The highest BCUT2D eigenvalue weighted by Gasteiger charge is 2.19. The summed E-state index contributed by atoms with van der Waals surface area (Å²) in [6.45, 7) is 8.33. The minimum absolute atomic E-state index is 0.125. The maximum absolute atomic E-state index is 11.7. The normalized spacial score (nSPS) is 15.2. The molecule has 0 spiro atoms. The monoisotopic (exact) mass is 669 g/mol. The fourth-order valence-corrected chi connectivity index (χ4v) is 6.00. The number of aliphatic hydroxyl groups excluding tert-OH is 1. The molecule has 1 aromatic heterocycles. The fraction of sp³-hybridized carbons (Fsp3) is 0.359. The van der Waals surface area contributed by atoms with Gasteiger partial charge in [0.2, 0.25) is 0 Å². The van der Waals surface area contributed by atoms with Crippen molar-refractivity contribution in [3.8, 4) is 34.4 Å². The lowest BCUT2D eigenvalue weighted by atomic mass is 9.93. The highest BCUT2D eigenvalue weighted by atomic mass is 35.5. The van der Waals surface area contributed by atoms with Gasteiger partial charge in [-0.3, -0.25) is 9.78 Å². The summed E-state index contributed by atoms with van der Waals surface area (Å²) in [5, 5.41) is 18.1. The van der Waals surface area contributed by atoms with E-state index >= 15 is 0 Å². The predicted octanol–water partition coefficient (Wildman–Crippen LogP) is 8.00. The number of nitriles is 1. The van der Waals surface area contributed by atoms with Crippen LogP contribution >= 0.6 is 11.6 Å². The van der Waals surface area contributed by atoms with E-state index in [0.29, 0.717) is 65.2 Å². The van der Waals surface area contributed by atoms with Crippen LogP contribution in [0.5, 0.6) is 17.2 Å². The van der Waals surface area contributed by atoms with Gasteiger partial charge in [0.05, 0.1) is 22.8 Å². The van der Waals surface area contributed by atoms with E-state index in [1.54, 1.807) is 18.3 Å². The maximum atomic E-state index is 11.7. The Kier molecular flexibility index (Phi) is 13.8. The van der Waals surface area contributed by atoms with Crippen molar-refractivity contribution in [3.05, 3.63) is 105 Å². The summed E-state index contributed by atoms with van der Waals surface area (Å²) < 4.78 is 18.0. The van der Waals surface area contributed by atoms with Gasteiger partial charge in [0.1, 0.15) is 36.5 Å². The van der Waals surface area contributed by atoms with Crippen molar-refractivity contribution < 1.29 is 24.1 Å². The molecule has 0 saturated heterocycles. The van der Waals surface area contributed by atoms with Crippen molar-refractivity contribution in [2.45, 2.75) is 59.7 Å². The van der Waals surface area contributed by atoms with Crippen molar-refractivity contribution in [1.82, 2.24) is 4.98 Å². The molecule has 0 amide bonds. The molecule has 3 aromatic carbocycles. The number of ether oxygens (including phenoxy) is 3. The zero-order valence-corrected chi connectivity index (χ0v) is 28.6. The largest absolute Gasteiger partial charge is 0.493 e. The molecule has 3 N–H and O–H groups in total. The Bertz CT molecular complexity index is 1720. The van der Waals surface area contributed by atoms with Crippen LogP contribution < -0.4 is 19.9 Å². The topological polar surface area (TPSA) is 128 Å². The van der Waals surface area contributed by atoms with Gasteiger partial charge in [-0.2, -0.15) is 5.26 Å². The van der Waals surface area contributed by atoms with Gasteiger partial charge in [-0.1, -0.05) is 55.3 Å². The van der Waals surface area contributed by atoms with Crippen molar-refractivity contribution in [3.63, 3.8) is 0 Å². The number of carbonyl (C=O) groups excluding carboxylic acids is 1. The second kappa shape index (κ2) is 18.2. The molecular formula is C39H44ClN3O5. The minimum Gasteiger partial charge on any atom is -0.493 e. The van der Waals surface area contributed by atoms with Crippen LogP contribution in [0.3, 0.4) is 0 Å². The van der Waals surface area contributed by atoms with E-state index in [1.807, 2.05) is 30.3 Å². The van der Waals surface area contributed by atoms with Crippen molar-refractivity contribution >= 4 is 17.9 Å². The molecule has 5 rings (SSSR count). The number of pyridine rings is 1. The lowest BCUT2D eigenvalue weighted by molar-refractivity contribution is 0.111. The molecule has 48 heavy (non-hydrogen) atoms. The SMILES string of the molecule is CC1CCC(CO)C1.Cc1c(COc2cc(OCc3cncc(C#N)c3)c(C=O)cc2Cl)cccc1-c1cccc(OCCCN)c1C. The Labute approximate surface area is 288 Å². The van der Waals surface area contributed by atoms with Crippen LogP contribution in [0.25, 0.3) is 11.1 Å². The van der Waals surface area contributed by atoms with E-state index in [0.717, 1.165) is 45.9 Å². The summed E-state index contributed by atoms with van der Waals surface area (Å²) >= 11 is 6.45. The average Bonchev–Trinajstić information content (AvgIpc) is 3.54. The molecule has 0 aliphatic heterocycles. The minimum atomic E-state index is 0.125. The number of hydrogen-bond donors (Lipinski definition) is 2. The summed E-state index contributed by atoms with van der Waals surface area (Å²) in [4.78, 5) is 15.7. The van der Waals surface area contributed by atoms with Gasteiger partial charge in [-0.15, -0.1) is 0 Å². The number of aldehydes is 1. The number of aromatic nitrogens is 1. The maximum Gasteiger partial charge on any atom is 0.153 e. The van der Waals surface area contributed by atoms with Gasteiger partial charge < -0.3 is 25.1 Å². The third-order valence-electron chi connectivity index (χ3n) is 8.58. The Morgan fingerprint density at radius 2 is 1.73 bits per heavy atom. The van der Waals surface area contributed by atoms with E-state index in [-0.39, 0.29) is 13.2 Å². The molecule has 9 heteroatoms. The van der Waals surface area contributed by atoms with Gasteiger partial charge in [-0.05, 0) is 97.5 Å². The first-order valence-corrected chi connectivity index (χ1v) is 16.7. The molecule has 1 fully saturated rings. The standard InChI is InChI=1S/C32H30ClN3O4.C7H14O/c1-21-25(6-3-7-27(21)28-8-4-9-30(22(28)2)38-11-5-10-34)20-40-32-14-31(26(18-37)13-29(32)33)39-19-24-12-23(15-35)16-36-17-24;1-6-2-3-7(4-6)5-8/h3-4,6-9,12-14,16-18H,5,10-11,19-20,34H2,1-2H3;6-8H,2-5H2,1H3. The fourth-order valence-electron chi connectivity index (χ4n) is 5.77. The van der Waals surface area contributed by atoms with Crippen molar-refractivity contribution in [2.24, 2.45) is 17.6 Å². The molecule has 2 atom stereocenters. The number of carbonyl (C=O) groups is 1. The van der Waals surface area contributed by atoms with Crippen LogP contribution in [0.1, 0.15) is 70.8 Å². The van der Waals surface area contributed by atoms with Crippen LogP contribution in [0.2, 0.25) is 5.02 Å². The molecule has 2 unspecified atom stereocenters. The number of aliphatic hydroxyl groups is 1. The molecule has 1 aliphatic rings. The van der Waals surface area contributed by atoms with E-state index in [1.165, 1.54) is 31.5 Å². The molecule has 1 heterocycles. The van der Waals surface area contributed by atoms with Gasteiger partial charge in [0.25, 0.3) is 0 Å². The second-order valence-electron chi connectivity index (χ2n) is 12.2. The highest BCUT2D eigenvalue weighted by molar-refractivity contribution is 6.32. The first-order valence-electron chi connectivity index (χ1n) is 16.3. The third kappa shape index (κ3) is 9.80. The van der Waals surface area contributed by atoms with Crippen LogP contribution in [0.4, 0.5) is 0 Å². The molecule has 1 aliphatic carbocycles. The molecule has 252 valence electrons. The smallest absolute Gasteiger partial charge is 0.153 e. The van der Waals surface area contributed by atoms with E-state index in [4.69, 9.17) is 41.9 Å².